The van der Waals surface area contributed by atoms with Gasteiger partial charge in [-0.2, -0.15) is 0 Å². The van der Waals surface area contributed by atoms with Crippen LogP contribution >= 0.6 is 7.92 Å². The molecule has 2 aliphatic rings. The molecule has 13 heavy (non-hydrogen) atoms. The maximum absolute atomic E-state index is 2.34. The minimum atomic E-state index is 0.484. The molecule has 0 aromatic rings. The molecule has 0 aliphatic carbocycles. The van der Waals surface area contributed by atoms with Crippen molar-refractivity contribution in [2.75, 3.05) is 6.16 Å². The second kappa shape index (κ2) is 4.78. The minimum Gasteiger partial charge on any atom is -0.100 e. The molecule has 76 valence electrons. The third-order valence-corrected chi connectivity index (χ3v) is 7.61. The van der Waals surface area contributed by atoms with Gasteiger partial charge >= 0.3 is 0 Å². The summed E-state index contributed by atoms with van der Waals surface area (Å²) in [6, 6.07) is 0. The van der Waals surface area contributed by atoms with Crippen molar-refractivity contribution in [3.05, 3.63) is 0 Å². The zero-order valence-corrected chi connectivity index (χ0v) is 9.86. The summed E-state index contributed by atoms with van der Waals surface area (Å²) < 4.78 is 0. The average molecular weight is 198 g/mol. The van der Waals surface area contributed by atoms with E-state index in [4.69, 9.17) is 0 Å². The summed E-state index contributed by atoms with van der Waals surface area (Å²) in [7, 11) is 0.484. The summed E-state index contributed by atoms with van der Waals surface area (Å²) in [5, 5.41) is 0. The Bertz CT molecular complexity index is 141. The third-order valence-electron chi connectivity index (χ3n) is 3.87. The molecule has 2 fully saturated rings. The van der Waals surface area contributed by atoms with Gasteiger partial charge in [0.1, 0.15) is 0 Å². The third kappa shape index (κ3) is 2.27. The molecule has 0 spiro atoms. The lowest BCUT2D eigenvalue weighted by atomic mass is 10.0. The second-order valence-electron chi connectivity index (χ2n) is 4.76. The van der Waals surface area contributed by atoms with E-state index in [9.17, 15) is 0 Å². The van der Waals surface area contributed by atoms with E-state index in [0.717, 1.165) is 0 Å². The summed E-state index contributed by atoms with van der Waals surface area (Å²) in [6.45, 7) is 2.34. The lowest BCUT2D eigenvalue weighted by molar-refractivity contribution is 0.556. The Kier molecular flexibility index (Phi) is 3.66. The molecule has 2 bridgehead atoms. The molecule has 2 aliphatic heterocycles. The van der Waals surface area contributed by atoms with Gasteiger partial charge in [-0.1, -0.05) is 26.2 Å². The highest BCUT2D eigenvalue weighted by Crippen LogP contribution is 2.60. The molecule has 0 aromatic heterocycles. The fourth-order valence-corrected chi connectivity index (χ4v) is 7.10. The zero-order chi connectivity index (χ0) is 9.10. The average Bonchev–Trinajstić information content (AvgIpc) is 2.36. The molecule has 2 rings (SSSR count). The van der Waals surface area contributed by atoms with Crippen LogP contribution in [-0.4, -0.2) is 17.5 Å². The summed E-state index contributed by atoms with van der Waals surface area (Å²) in [4.78, 5) is 0. The molecular formula is C12H23P. The minimum absolute atomic E-state index is 0.484. The summed E-state index contributed by atoms with van der Waals surface area (Å²) in [5.41, 5.74) is 2.41. The van der Waals surface area contributed by atoms with Crippen molar-refractivity contribution in [2.45, 2.75) is 69.6 Å². The predicted molar refractivity (Wildman–Crippen MR) is 62.0 cm³/mol. The van der Waals surface area contributed by atoms with Crippen molar-refractivity contribution in [1.82, 2.24) is 0 Å². The van der Waals surface area contributed by atoms with Crippen LogP contribution < -0.4 is 0 Å². The molecule has 2 saturated heterocycles. The lowest BCUT2D eigenvalue weighted by Gasteiger charge is -2.22. The highest BCUT2D eigenvalue weighted by atomic mass is 31.1. The van der Waals surface area contributed by atoms with E-state index in [2.05, 4.69) is 6.92 Å². The van der Waals surface area contributed by atoms with Gasteiger partial charge in [0.25, 0.3) is 0 Å². The SMILES string of the molecule is CCCCP1C2CCCCC1CC2. The monoisotopic (exact) mass is 198 g/mol. The Morgan fingerprint density at radius 3 is 2.15 bits per heavy atom. The fraction of sp³-hybridized carbons (Fsp3) is 1.00. The van der Waals surface area contributed by atoms with E-state index in [-0.39, 0.29) is 0 Å². The molecule has 0 amide bonds. The van der Waals surface area contributed by atoms with Crippen LogP contribution in [0, 0.1) is 0 Å². The lowest BCUT2D eigenvalue weighted by Crippen LogP contribution is -2.03. The fourth-order valence-electron chi connectivity index (χ4n) is 3.10. The van der Waals surface area contributed by atoms with E-state index in [0.29, 0.717) is 7.92 Å². The van der Waals surface area contributed by atoms with E-state index < -0.39 is 0 Å². The van der Waals surface area contributed by atoms with Gasteiger partial charge in [-0.05, 0) is 49.6 Å². The molecular weight excluding hydrogens is 175 g/mol. The number of hydrogen-bond acceptors (Lipinski definition) is 0. The Labute approximate surface area is 84.2 Å². The van der Waals surface area contributed by atoms with Crippen LogP contribution in [0.5, 0.6) is 0 Å². The molecule has 0 nitrogen and oxygen atoms in total. The van der Waals surface area contributed by atoms with E-state index in [1.54, 1.807) is 44.7 Å². The molecule has 2 heterocycles. The maximum Gasteiger partial charge on any atom is -0.0206 e. The molecule has 2 unspecified atom stereocenters. The van der Waals surface area contributed by atoms with E-state index in [1.807, 2.05) is 0 Å². The topological polar surface area (TPSA) is 0 Å². The zero-order valence-electron chi connectivity index (χ0n) is 8.97. The normalized spacial score (nSPS) is 39.0. The molecule has 0 saturated carbocycles. The highest BCUT2D eigenvalue weighted by molar-refractivity contribution is 7.59. The molecule has 0 aromatic carbocycles. The van der Waals surface area contributed by atoms with Gasteiger partial charge in [-0.15, -0.1) is 7.92 Å². The Balaban J connectivity index is 1.91. The van der Waals surface area contributed by atoms with Crippen molar-refractivity contribution in [3.8, 4) is 0 Å². The Hall–Kier alpha value is 0.430. The van der Waals surface area contributed by atoms with Crippen LogP contribution in [0.15, 0.2) is 0 Å². The summed E-state index contributed by atoms with van der Waals surface area (Å²) in [5.74, 6) is 0. The van der Waals surface area contributed by atoms with Crippen LogP contribution in [0.3, 0.4) is 0 Å². The number of hydrogen-bond donors (Lipinski definition) is 0. The number of unbranched alkanes of at least 4 members (excludes halogenated alkanes) is 1. The van der Waals surface area contributed by atoms with Crippen molar-refractivity contribution in [1.29, 1.82) is 0 Å². The van der Waals surface area contributed by atoms with Gasteiger partial charge < -0.3 is 0 Å². The summed E-state index contributed by atoms with van der Waals surface area (Å²) in [6.07, 6.45) is 14.0. The molecule has 0 N–H and O–H groups in total. The second-order valence-corrected chi connectivity index (χ2v) is 7.70. The van der Waals surface area contributed by atoms with Crippen LogP contribution in [0.1, 0.15) is 58.3 Å². The van der Waals surface area contributed by atoms with Crippen LogP contribution in [0.4, 0.5) is 0 Å². The summed E-state index contributed by atoms with van der Waals surface area (Å²) >= 11 is 0. The first-order chi connectivity index (χ1) is 6.42. The maximum atomic E-state index is 2.34. The van der Waals surface area contributed by atoms with Crippen LogP contribution in [0.25, 0.3) is 0 Å². The van der Waals surface area contributed by atoms with Gasteiger partial charge in [-0.3, -0.25) is 0 Å². The van der Waals surface area contributed by atoms with Crippen molar-refractivity contribution in [2.24, 2.45) is 0 Å². The van der Waals surface area contributed by atoms with Crippen molar-refractivity contribution < 1.29 is 0 Å². The van der Waals surface area contributed by atoms with Crippen molar-refractivity contribution >= 4 is 7.92 Å². The Morgan fingerprint density at radius 1 is 1.00 bits per heavy atom. The standard InChI is InChI=1S/C12H23P/c1-2-3-10-13-11-6-4-5-7-12(13)9-8-11/h11-12H,2-10H2,1H3. The van der Waals surface area contributed by atoms with Crippen molar-refractivity contribution in [3.63, 3.8) is 0 Å². The first kappa shape index (κ1) is 9.97. The van der Waals surface area contributed by atoms with Gasteiger partial charge in [-0.25, -0.2) is 0 Å². The molecule has 2 atom stereocenters. The first-order valence-corrected chi connectivity index (χ1v) is 7.84. The number of fused-ring (bicyclic) bond motifs is 2. The van der Waals surface area contributed by atoms with Crippen LogP contribution in [0.2, 0.25) is 0 Å². The Morgan fingerprint density at radius 2 is 1.62 bits per heavy atom. The largest absolute Gasteiger partial charge is 0.100 e. The first-order valence-electron chi connectivity index (χ1n) is 6.17. The molecule has 0 radical (unpaired) electrons. The number of rotatable bonds is 3. The van der Waals surface area contributed by atoms with E-state index in [1.165, 1.54) is 24.2 Å². The molecule has 1 heteroatoms. The van der Waals surface area contributed by atoms with Gasteiger partial charge in [0.05, 0.1) is 0 Å². The van der Waals surface area contributed by atoms with Gasteiger partial charge in [0, 0.05) is 0 Å². The van der Waals surface area contributed by atoms with Gasteiger partial charge in [0.15, 0.2) is 0 Å². The van der Waals surface area contributed by atoms with E-state index >= 15 is 0 Å². The highest BCUT2D eigenvalue weighted by Gasteiger charge is 2.35. The smallest absolute Gasteiger partial charge is 0.0206 e. The van der Waals surface area contributed by atoms with Gasteiger partial charge in [0.2, 0.25) is 0 Å². The predicted octanol–water partition coefficient (Wildman–Crippen LogP) is 4.37. The van der Waals surface area contributed by atoms with Crippen LogP contribution in [-0.2, 0) is 0 Å². The quantitative estimate of drug-likeness (QED) is 0.590.